The summed E-state index contributed by atoms with van der Waals surface area (Å²) in [6.45, 7) is 13.7. The van der Waals surface area contributed by atoms with Crippen molar-refractivity contribution in [1.29, 1.82) is 0 Å². The normalized spacial score (nSPS) is 10.6. The van der Waals surface area contributed by atoms with Crippen LogP contribution in [-0.2, 0) is 19.4 Å². The van der Waals surface area contributed by atoms with Gasteiger partial charge >= 0.3 is 0 Å². The SMILES string of the molecule is CC(C)Nc1nc(N)nc(NCCc2ccc(Cl)c(Cl)c2)n1.CC(C)Nc1nc(N)nc(NCc2ccc(Cl)c(Cl)c2)n1.CC(C)Nc1nc(N)nc(Nc2ccc(Cl)c(Cl)c2)n1.Nc1nc(N)nc(NCCc2ccc(Cl)c(Cl)c2)n1. The Kier molecular flexibility index (Phi) is 26.0. The van der Waals surface area contributed by atoms with Crippen LogP contribution in [0.25, 0.3) is 0 Å². The predicted molar refractivity (Wildman–Crippen MR) is 338 cm³/mol. The first kappa shape index (κ1) is 65.6. The molecule has 4 heterocycles. The van der Waals surface area contributed by atoms with Gasteiger partial charge in [0.25, 0.3) is 0 Å². The number of rotatable bonds is 19. The van der Waals surface area contributed by atoms with Crippen LogP contribution in [0, 0.1) is 0 Å². The second kappa shape index (κ2) is 32.5. The maximum absolute atomic E-state index is 5.99. The number of nitrogens with two attached hydrogens (primary N) is 5. The third kappa shape index (κ3) is 23.7. The number of halogens is 8. The zero-order valence-corrected chi connectivity index (χ0v) is 51.0. The van der Waals surface area contributed by atoms with Crippen LogP contribution in [0.5, 0.6) is 0 Å². The molecule has 4 aromatic heterocycles. The predicted octanol–water partition coefficient (Wildman–Crippen LogP) is 11.8. The zero-order valence-electron chi connectivity index (χ0n) is 45.0. The largest absolute Gasteiger partial charge is 0.368 e. The van der Waals surface area contributed by atoms with Crippen LogP contribution in [-0.4, -0.2) is 91.0 Å². The van der Waals surface area contributed by atoms with Crippen molar-refractivity contribution in [2.75, 3.05) is 79.0 Å². The molecular weight excluding hydrogens is 1220 g/mol. The van der Waals surface area contributed by atoms with E-state index in [1.807, 2.05) is 71.9 Å². The van der Waals surface area contributed by atoms with Gasteiger partial charge in [0.2, 0.25) is 71.4 Å². The molecule has 0 aliphatic heterocycles. The highest BCUT2D eigenvalue weighted by Gasteiger charge is 2.11. The van der Waals surface area contributed by atoms with E-state index >= 15 is 0 Å². The van der Waals surface area contributed by atoms with Crippen LogP contribution in [0.1, 0.15) is 58.2 Å². The Morgan fingerprint density at radius 1 is 0.329 bits per heavy atom. The van der Waals surface area contributed by atoms with E-state index in [9.17, 15) is 0 Å². The van der Waals surface area contributed by atoms with Gasteiger partial charge in [-0.1, -0.05) is 111 Å². The minimum Gasteiger partial charge on any atom is -0.368 e. The van der Waals surface area contributed by atoms with E-state index < -0.39 is 0 Å². The molecule has 0 atom stereocenters. The van der Waals surface area contributed by atoms with Crippen molar-refractivity contribution in [3.05, 3.63) is 130 Å². The molecule has 0 radical (unpaired) electrons. The fourth-order valence-corrected chi connectivity index (χ4v) is 7.67. The second-order valence-corrected chi connectivity index (χ2v) is 21.3. The molecule has 0 fully saturated rings. The zero-order chi connectivity index (χ0) is 60.0. The lowest BCUT2D eigenvalue weighted by atomic mass is 10.1. The Bertz CT molecular complexity index is 3340. The molecule has 82 heavy (non-hydrogen) atoms. The van der Waals surface area contributed by atoms with Crippen LogP contribution in [0.15, 0.2) is 72.8 Å². The van der Waals surface area contributed by atoms with Gasteiger partial charge in [0.05, 0.1) is 40.2 Å². The van der Waals surface area contributed by atoms with E-state index in [0.29, 0.717) is 107 Å². The summed E-state index contributed by atoms with van der Waals surface area (Å²) < 4.78 is 0. The molecular formula is C50H60Cl8N24. The summed E-state index contributed by atoms with van der Waals surface area (Å²) in [5, 5.41) is 25.6. The molecule has 0 saturated heterocycles. The molecule has 24 nitrogen and oxygen atoms in total. The molecule has 0 aliphatic rings. The Morgan fingerprint density at radius 2 is 0.634 bits per heavy atom. The Balaban J connectivity index is 0.000000201. The Morgan fingerprint density at radius 3 is 1.02 bits per heavy atom. The monoisotopic (exact) mass is 1280 g/mol. The van der Waals surface area contributed by atoms with Gasteiger partial charge in [0.15, 0.2) is 0 Å². The van der Waals surface area contributed by atoms with Gasteiger partial charge in [-0.25, -0.2) is 0 Å². The van der Waals surface area contributed by atoms with E-state index in [0.717, 1.165) is 29.5 Å². The van der Waals surface area contributed by atoms with Crippen molar-refractivity contribution in [2.45, 2.75) is 79.1 Å². The number of anilines is 13. The van der Waals surface area contributed by atoms with E-state index in [-0.39, 0.29) is 47.9 Å². The number of nitrogen functional groups attached to an aromatic ring is 5. The average Bonchev–Trinajstić information content (AvgIpc) is 3.49. The smallest absolute Gasteiger partial charge is 0.233 e. The fourth-order valence-electron chi connectivity index (χ4n) is 6.41. The number of aromatic nitrogens is 12. The lowest BCUT2D eigenvalue weighted by molar-refractivity contribution is 0.866. The standard InChI is InChI=1S/C14H18Cl2N6.C13H16Cl2N6.C12H14Cl2N6.C11H12Cl2N6/c1-8(2)19-14-21-12(17)20-13(22-14)18-6-5-9-3-4-10(15)11(16)7-9;1-7(2)18-13-20-11(16)19-12(21-13)17-6-8-3-4-9(14)10(15)5-8;1-6(2)16-11-18-10(15)19-12(20-11)17-7-3-4-8(13)9(14)5-7;12-7-2-1-6(5-8(7)13)3-4-16-11-18-9(14)17-10(15)19-11/h3-4,7-8H,5-6H2,1-2H3,(H4,17,18,19,20,21,22);3-5,7H,6H2,1-2H3,(H4,16,17,18,19,20,21);3-6H,1-2H3,(H4,15,16,17,18,19,20);1-2,5H,3-4H2,(H5,14,15,16,17,18,19). The van der Waals surface area contributed by atoms with Gasteiger partial charge in [-0.2, -0.15) is 59.8 Å². The molecule has 0 bridgehead atoms. The van der Waals surface area contributed by atoms with Crippen molar-refractivity contribution in [3.8, 4) is 0 Å². The highest BCUT2D eigenvalue weighted by atomic mass is 35.5. The summed E-state index contributed by atoms with van der Waals surface area (Å²) in [5.74, 6) is 3.47. The molecule has 0 saturated carbocycles. The average molecular weight is 1280 g/mol. The fraction of sp³-hybridized carbons (Fsp3) is 0.280. The minimum atomic E-state index is 0.0875. The summed E-state index contributed by atoms with van der Waals surface area (Å²) >= 11 is 47.3. The number of hydrogen-bond donors (Lipinski definition) is 12. The first-order chi connectivity index (χ1) is 38.8. The molecule has 17 N–H and O–H groups in total. The van der Waals surface area contributed by atoms with Crippen LogP contribution in [0.4, 0.5) is 77.1 Å². The molecule has 0 unspecified atom stereocenters. The van der Waals surface area contributed by atoms with Crippen molar-refractivity contribution in [2.24, 2.45) is 0 Å². The maximum Gasteiger partial charge on any atom is 0.233 e. The highest BCUT2D eigenvalue weighted by molar-refractivity contribution is 6.43. The Labute approximate surface area is 514 Å². The maximum atomic E-state index is 5.99. The number of hydrogen-bond acceptors (Lipinski definition) is 24. The second-order valence-electron chi connectivity index (χ2n) is 18.0. The Hall–Kier alpha value is -7.16. The third-order valence-corrected chi connectivity index (χ3v) is 12.8. The van der Waals surface area contributed by atoms with Crippen molar-refractivity contribution >= 4 is 170 Å². The molecule has 32 heteroatoms. The highest BCUT2D eigenvalue weighted by Crippen LogP contribution is 2.28. The van der Waals surface area contributed by atoms with Crippen LogP contribution in [0.2, 0.25) is 40.2 Å². The van der Waals surface area contributed by atoms with Gasteiger partial charge in [-0.3, -0.25) is 0 Å². The summed E-state index contributed by atoms with van der Waals surface area (Å²) in [5.41, 5.74) is 31.7. The molecule has 8 aromatic rings. The lowest BCUT2D eigenvalue weighted by Crippen LogP contribution is -2.16. The van der Waals surface area contributed by atoms with E-state index in [2.05, 4.69) is 97.0 Å². The molecule has 0 spiro atoms. The number of benzene rings is 4. The topological polar surface area (TPSA) is 369 Å². The van der Waals surface area contributed by atoms with Gasteiger partial charge in [-0.15, -0.1) is 0 Å². The summed E-state index contributed by atoms with van der Waals surface area (Å²) in [4.78, 5) is 48.4. The quantitative estimate of drug-likeness (QED) is 0.0358. The summed E-state index contributed by atoms with van der Waals surface area (Å²) in [7, 11) is 0. The van der Waals surface area contributed by atoms with Crippen LogP contribution in [0.3, 0.4) is 0 Å². The summed E-state index contributed by atoms with van der Waals surface area (Å²) in [6, 6.07) is 22.2. The first-order valence-corrected chi connectivity index (χ1v) is 27.7. The molecule has 4 aromatic carbocycles. The number of nitrogens with zero attached hydrogens (tertiary/aromatic N) is 12. The molecule has 0 amide bonds. The van der Waals surface area contributed by atoms with E-state index in [4.69, 9.17) is 121 Å². The molecule has 0 aliphatic carbocycles. The van der Waals surface area contributed by atoms with Crippen molar-refractivity contribution < 1.29 is 0 Å². The van der Waals surface area contributed by atoms with Gasteiger partial charge in [-0.05, 0) is 126 Å². The first-order valence-electron chi connectivity index (χ1n) is 24.7. The lowest BCUT2D eigenvalue weighted by Gasteiger charge is -2.11. The summed E-state index contributed by atoms with van der Waals surface area (Å²) in [6.07, 6.45) is 1.50. The van der Waals surface area contributed by atoms with Gasteiger partial charge < -0.3 is 65.9 Å². The van der Waals surface area contributed by atoms with E-state index in [1.165, 1.54) is 0 Å². The number of nitrogens with one attached hydrogen (secondary N) is 7. The van der Waals surface area contributed by atoms with Gasteiger partial charge in [0, 0.05) is 43.4 Å². The van der Waals surface area contributed by atoms with Crippen molar-refractivity contribution in [1.82, 2.24) is 59.8 Å². The molecule has 8 rings (SSSR count). The van der Waals surface area contributed by atoms with Crippen LogP contribution < -0.4 is 65.9 Å². The van der Waals surface area contributed by atoms with Crippen LogP contribution >= 0.6 is 92.8 Å². The third-order valence-electron chi connectivity index (χ3n) is 9.85. The van der Waals surface area contributed by atoms with Gasteiger partial charge in [0.1, 0.15) is 0 Å². The molecule has 436 valence electrons. The van der Waals surface area contributed by atoms with Crippen molar-refractivity contribution in [3.63, 3.8) is 0 Å². The minimum absolute atomic E-state index is 0.0875. The van der Waals surface area contributed by atoms with E-state index in [1.54, 1.807) is 42.5 Å².